The van der Waals surface area contributed by atoms with Gasteiger partial charge in [-0.15, -0.1) is 0 Å². The molecule has 6 nitrogen and oxygen atoms in total. The molecule has 2 N–H and O–H groups in total. The number of aliphatic hydroxyl groups is 1. The Bertz CT molecular complexity index is 789. The van der Waals surface area contributed by atoms with Crippen molar-refractivity contribution in [1.82, 2.24) is 14.9 Å². The van der Waals surface area contributed by atoms with E-state index in [1.165, 1.54) is 11.1 Å². The maximum absolute atomic E-state index is 11.9. The average Bonchev–Trinajstić information content (AvgIpc) is 3.03. The van der Waals surface area contributed by atoms with Crippen LogP contribution in [0.4, 0.5) is 5.82 Å². The van der Waals surface area contributed by atoms with E-state index >= 15 is 0 Å². The van der Waals surface area contributed by atoms with E-state index in [2.05, 4.69) is 27.4 Å². The van der Waals surface area contributed by atoms with E-state index in [0.717, 1.165) is 37.3 Å². The van der Waals surface area contributed by atoms with E-state index < -0.39 is 0 Å². The highest BCUT2D eigenvalue weighted by atomic mass is 16.3. The first kappa shape index (κ1) is 17.0. The number of anilines is 1. The monoisotopic (exact) mass is 352 g/mol. The number of likely N-dealkylation sites (tertiary alicyclic amines) is 1. The van der Waals surface area contributed by atoms with Gasteiger partial charge >= 0.3 is 0 Å². The lowest BCUT2D eigenvalue weighted by atomic mass is 9.80. The summed E-state index contributed by atoms with van der Waals surface area (Å²) in [4.78, 5) is 22.5. The largest absolute Gasteiger partial charge is 0.393 e. The number of hydrogen-bond donors (Lipinski definition) is 2. The number of carbonyl (C=O) groups is 1. The zero-order valence-corrected chi connectivity index (χ0v) is 14.8. The van der Waals surface area contributed by atoms with Gasteiger partial charge in [-0.05, 0) is 30.4 Å². The van der Waals surface area contributed by atoms with E-state index in [-0.39, 0.29) is 12.0 Å². The van der Waals surface area contributed by atoms with Crippen LogP contribution in [0.1, 0.15) is 48.4 Å². The van der Waals surface area contributed by atoms with E-state index in [0.29, 0.717) is 25.4 Å². The van der Waals surface area contributed by atoms with Crippen LogP contribution in [-0.2, 0) is 17.9 Å². The number of hydrogen-bond acceptors (Lipinski definition) is 5. The standard InChI is InChI=1S/C20H24N4O2/c25-17-8-16(9-17)18-10-19(23-13-22-18)21-11-14-4-1-2-5-15(14)12-24-7-3-6-20(24)26/h1-2,4-5,10,13,16-17,25H,3,6-9,11-12H2,(H,21,22,23). The molecule has 136 valence electrons. The summed E-state index contributed by atoms with van der Waals surface area (Å²) in [7, 11) is 0. The molecule has 1 aromatic carbocycles. The maximum atomic E-state index is 11.9. The van der Waals surface area contributed by atoms with Crippen LogP contribution >= 0.6 is 0 Å². The molecule has 1 aromatic heterocycles. The third kappa shape index (κ3) is 3.70. The number of aromatic nitrogens is 2. The van der Waals surface area contributed by atoms with E-state index in [9.17, 15) is 9.90 Å². The molecule has 4 rings (SSSR count). The van der Waals surface area contributed by atoms with Gasteiger partial charge in [-0.3, -0.25) is 4.79 Å². The second kappa shape index (κ2) is 7.41. The molecule has 0 spiro atoms. The number of nitrogens with zero attached hydrogens (tertiary/aromatic N) is 3. The third-order valence-electron chi connectivity index (χ3n) is 5.33. The Morgan fingerprint density at radius 2 is 2.00 bits per heavy atom. The van der Waals surface area contributed by atoms with Gasteiger partial charge in [0.25, 0.3) is 0 Å². The first-order chi connectivity index (χ1) is 12.7. The van der Waals surface area contributed by atoms with Gasteiger partial charge in [0.05, 0.1) is 6.10 Å². The van der Waals surface area contributed by atoms with Gasteiger partial charge in [0.1, 0.15) is 12.1 Å². The average molecular weight is 352 g/mol. The lowest BCUT2D eigenvalue weighted by Crippen LogP contribution is -2.27. The minimum Gasteiger partial charge on any atom is -0.393 e. The van der Waals surface area contributed by atoms with Crippen molar-refractivity contribution < 1.29 is 9.90 Å². The molecular formula is C20H24N4O2. The van der Waals surface area contributed by atoms with Crippen molar-refractivity contribution in [3.8, 4) is 0 Å². The molecule has 0 unspecified atom stereocenters. The fraction of sp³-hybridized carbons (Fsp3) is 0.450. The van der Waals surface area contributed by atoms with Crippen molar-refractivity contribution in [3.63, 3.8) is 0 Å². The molecule has 26 heavy (non-hydrogen) atoms. The Morgan fingerprint density at radius 3 is 2.73 bits per heavy atom. The van der Waals surface area contributed by atoms with Crippen LogP contribution in [-0.4, -0.2) is 38.5 Å². The molecular weight excluding hydrogens is 328 g/mol. The zero-order valence-electron chi connectivity index (χ0n) is 14.8. The van der Waals surface area contributed by atoms with Crippen molar-refractivity contribution in [3.05, 3.63) is 53.5 Å². The van der Waals surface area contributed by atoms with Crippen LogP contribution in [0.5, 0.6) is 0 Å². The van der Waals surface area contributed by atoms with Crippen molar-refractivity contribution in [1.29, 1.82) is 0 Å². The summed E-state index contributed by atoms with van der Waals surface area (Å²) >= 11 is 0. The smallest absolute Gasteiger partial charge is 0.222 e. The van der Waals surface area contributed by atoms with E-state index in [4.69, 9.17) is 0 Å². The Labute approximate surface area is 153 Å². The van der Waals surface area contributed by atoms with Crippen molar-refractivity contribution in [2.75, 3.05) is 11.9 Å². The second-order valence-electron chi connectivity index (χ2n) is 7.19. The van der Waals surface area contributed by atoms with Gasteiger partial charge < -0.3 is 15.3 Å². The zero-order chi connectivity index (χ0) is 17.9. The fourth-order valence-electron chi connectivity index (χ4n) is 3.67. The van der Waals surface area contributed by atoms with Crippen LogP contribution in [0, 0.1) is 0 Å². The Balaban J connectivity index is 1.42. The number of carbonyl (C=O) groups excluding carboxylic acids is 1. The molecule has 0 radical (unpaired) electrons. The van der Waals surface area contributed by atoms with Crippen LogP contribution in [0.15, 0.2) is 36.7 Å². The molecule has 2 aliphatic rings. The number of benzene rings is 1. The van der Waals surface area contributed by atoms with Gasteiger partial charge in [0.2, 0.25) is 5.91 Å². The Hall–Kier alpha value is -2.47. The van der Waals surface area contributed by atoms with Gasteiger partial charge in [0.15, 0.2) is 0 Å². The van der Waals surface area contributed by atoms with Crippen LogP contribution in [0.3, 0.4) is 0 Å². The van der Waals surface area contributed by atoms with Gasteiger partial charge in [0, 0.05) is 43.7 Å². The highest BCUT2D eigenvalue weighted by molar-refractivity contribution is 5.78. The fourth-order valence-corrected chi connectivity index (χ4v) is 3.67. The molecule has 2 aromatic rings. The summed E-state index contributed by atoms with van der Waals surface area (Å²) in [5.41, 5.74) is 3.34. The molecule has 1 amide bonds. The summed E-state index contributed by atoms with van der Waals surface area (Å²) in [6.45, 7) is 2.18. The third-order valence-corrected chi connectivity index (χ3v) is 5.33. The predicted molar refractivity (Wildman–Crippen MR) is 98.4 cm³/mol. The number of nitrogens with one attached hydrogen (secondary N) is 1. The summed E-state index contributed by atoms with van der Waals surface area (Å²) in [5, 5.41) is 12.9. The lowest BCUT2D eigenvalue weighted by Gasteiger charge is -2.30. The van der Waals surface area contributed by atoms with Crippen LogP contribution < -0.4 is 5.32 Å². The molecule has 6 heteroatoms. The molecule has 0 atom stereocenters. The van der Waals surface area contributed by atoms with Crippen molar-refractivity contribution in [2.24, 2.45) is 0 Å². The number of aliphatic hydroxyl groups excluding tert-OH is 1. The first-order valence-electron chi connectivity index (χ1n) is 9.27. The summed E-state index contributed by atoms with van der Waals surface area (Å²) < 4.78 is 0. The quantitative estimate of drug-likeness (QED) is 0.835. The molecule has 1 saturated heterocycles. The number of rotatable bonds is 6. The number of amides is 1. The van der Waals surface area contributed by atoms with Gasteiger partial charge in [-0.1, -0.05) is 24.3 Å². The van der Waals surface area contributed by atoms with Crippen molar-refractivity contribution in [2.45, 2.75) is 50.8 Å². The Morgan fingerprint density at radius 1 is 1.19 bits per heavy atom. The second-order valence-corrected chi connectivity index (χ2v) is 7.19. The SMILES string of the molecule is O=C1CCCN1Cc1ccccc1CNc1cc(C2CC(O)C2)ncn1. The molecule has 1 aliphatic heterocycles. The van der Waals surface area contributed by atoms with Gasteiger partial charge in [-0.2, -0.15) is 0 Å². The topological polar surface area (TPSA) is 78.4 Å². The van der Waals surface area contributed by atoms with Crippen LogP contribution in [0.25, 0.3) is 0 Å². The highest BCUT2D eigenvalue weighted by Crippen LogP contribution is 2.36. The molecule has 0 bridgehead atoms. The first-order valence-corrected chi connectivity index (χ1v) is 9.27. The predicted octanol–water partition coefficient (Wildman–Crippen LogP) is 2.45. The Kier molecular flexibility index (Phi) is 4.84. The minimum atomic E-state index is -0.188. The minimum absolute atomic E-state index is 0.188. The molecule has 1 aliphatic carbocycles. The maximum Gasteiger partial charge on any atom is 0.222 e. The lowest BCUT2D eigenvalue weighted by molar-refractivity contribution is -0.128. The molecule has 1 saturated carbocycles. The van der Waals surface area contributed by atoms with E-state index in [1.807, 2.05) is 23.1 Å². The summed E-state index contributed by atoms with van der Waals surface area (Å²) in [6, 6.07) is 10.2. The summed E-state index contributed by atoms with van der Waals surface area (Å²) in [5.74, 6) is 1.38. The molecule has 2 heterocycles. The van der Waals surface area contributed by atoms with Crippen molar-refractivity contribution >= 4 is 11.7 Å². The molecule has 2 fully saturated rings. The van der Waals surface area contributed by atoms with Gasteiger partial charge in [-0.25, -0.2) is 9.97 Å². The highest BCUT2D eigenvalue weighted by Gasteiger charge is 2.29. The van der Waals surface area contributed by atoms with E-state index in [1.54, 1.807) is 6.33 Å². The van der Waals surface area contributed by atoms with Crippen LogP contribution in [0.2, 0.25) is 0 Å². The normalized spacial score (nSPS) is 22.3. The summed E-state index contributed by atoms with van der Waals surface area (Å²) in [6.07, 6.45) is 4.58.